The van der Waals surface area contributed by atoms with Gasteiger partial charge in [0.2, 0.25) is 0 Å². The minimum atomic E-state index is -4.17. The molecule has 1 aromatic rings. The molecule has 6 heteroatoms. The van der Waals surface area contributed by atoms with Gasteiger partial charge < -0.3 is 10.5 Å². The highest BCUT2D eigenvalue weighted by Gasteiger charge is 2.27. The van der Waals surface area contributed by atoms with Crippen LogP contribution < -0.4 is 10.5 Å². The van der Waals surface area contributed by atoms with Crippen LogP contribution in [0.4, 0.5) is 13.2 Å². The molecule has 0 radical (unpaired) electrons. The number of methoxy groups -OCH3 is 1. The summed E-state index contributed by atoms with van der Waals surface area (Å²) in [4.78, 5) is 0. The molecule has 2 N–H and O–H groups in total. The summed E-state index contributed by atoms with van der Waals surface area (Å²) in [5.41, 5.74) is 6.36. The van der Waals surface area contributed by atoms with E-state index in [1.807, 2.05) is 0 Å². The van der Waals surface area contributed by atoms with Gasteiger partial charge in [0, 0.05) is 12.5 Å². The molecule has 0 unspecified atom stereocenters. The molecule has 0 amide bonds. The number of benzene rings is 1. The Labute approximate surface area is 106 Å². The molecule has 0 aliphatic carbocycles. The fourth-order valence-electron chi connectivity index (χ4n) is 1.40. The standard InChI is InChI=1S/C11H13BrF3NO/c1-17-10-3-2-7(6-8(10)12)9(16)4-5-11(13,14)15/h2-3,6,9H,4-5,16H2,1H3/t9-/m0/s1. The summed E-state index contributed by atoms with van der Waals surface area (Å²) in [5, 5.41) is 0. The Bertz CT molecular complexity index is 381. The average Bonchev–Trinajstić information content (AvgIpc) is 2.24. The first kappa shape index (κ1) is 14.3. The van der Waals surface area contributed by atoms with Crippen LogP contribution in [0, 0.1) is 0 Å². The number of halogens is 4. The van der Waals surface area contributed by atoms with E-state index in [1.54, 1.807) is 18.2 Å². The maximum atomic E-state index is 12.0. The van der Waals surface area contributed by atoms with Gasteiger partial charge in [-0.2, -0.15) is 13.2 Å². The molecule has 0 fully saturated rings. The van der Waals surface area contributed by atoms with Gasteiger partial charge in [0.25, 0.3) is 0 Å². The van der Waals surface area contributed by atoms with Gasteiger partial charge in [-0.05, 0) is 40.0 Å². The van der Waals surface area contributed by atoms with Crippen LogP contribution in [-0.4, -0.2) is 13.3 Å². The second-order valence-corrected chi connectivity index (χ2v) is 4.51. The maximum absolute atomic E-state index is 12.0. The van der Waals surface area contributed by atoms with Crippen molar-refractivity contribution >= 4 is 15.9 Å². The average molecular weight is 312 g/mol. The Kier molecular flexibility index (Phi) is 4.82. The molecular formula is C11H13BrF3NO. The van der Waals surface area contributed by atoms with E-state index < -0.39 is 18.6 Å². The Morgan fingerprint density at radius 2 is 2.06 bits per heavy atom. The van der Waals surface area contributed by atoms with E-state index >= 15 is 0 Å². The third-order valence-corrected chi connectivity index (χ3v) is 2.96. The molecule has 1 rings (SSSR count). The predicted molar refractivity (Wildman–Crippen MR) is 62.9 cm³/mol. The second-order valence-electron chi connectivity index (χ2n) is 3.65. The normalized spacial score (nSPS) is 13.5. The SMILES string of the molecule is COc1ccc([C@@H](N)CCC(F)(F)F)cc1Br. The molecule has 1 aromatic carbocycles. The summed E-state index contributed by atoms with van der Waals surface area (Å²) < 4.78 is 41.8. The summed E-state index contributed by atoms with van der Waals surface area (Å²) in [6.07, 6.45) is -5.17. The maximum Gasteiger partial charge on any atom is 0.389 e. The highest BCUT2D eigenvalue weighted by molar-refractivity contribution is 9.10. The van der Waals surface area contributed by atoms with Crippen LogP contribution >= 0.6 is 15.9 Å². The molecule has 96 valence electrons. The summed E-state index contributed by atoms with van der Waals surface area (Å²) in [7, 11) is 1.52. The summed E-state index contributed by atoms with van der Waals surface area (Å²) in [5.74, 6) is 0.622. The molecule has 0 aliphatic rings. The summed E-state index contributed by atoms with van der Waals surface area (Å²) >= 11 is 3.26. The number of rotatable bonds is 4. The molecular weight excluding hydrogens is 299 g/mol. The van der Waals surface area contributed by atoms with Crippen LogP contribution in [-0.2, 0) is 0 Å². The number of hydrogen-bond donors (Lipinski definition) is 1. The van der Waals surface area contributed by atoms with E-state index in [-0.39, 0.29) is 6.42 Å². The number of ether oxygens (including phenoxy) is 1. The van der Waals surface area contributed by atoms with Gasteiger partial charge in [-0.3, -0.25) is 0 Å². The first-order valence-electron chi connectivity index (χ1n) is 4.99. The van der Waals surface area contributed by atoms with E-state index in [4.69, 9.17) is 10.5 Å². The largest absolute Gasteiger partial charge is 0.496 e. The van der Waals surface area contributed by atoms with Gasteiger partial charge in [0.05, 0.1) is 11.6 Å². The van der Waals surface area contributed by atoms with Gasteiger partial charge in [0.1, 0.15) is 5.75 Å². The lowest BCUT2D eigenvalue weighted by Gasteiger charge is -2.14. The van der Waals surface area contributed by atoms with Crippen LogP contribution in [0.3, 0.4) is 0 Å². The lowest BCUT2D eigenvalue weighted by Crippen LogP contribution is -2.15. The van der Waals surface area contributed by atoms with E-state index in [2.05, 4.69) is 15.9 Å². The monoisotopic (exact) mass is 311 g/mol. The molecule has 0 aliphatic heterocycles. The minimum Gasteiger partial charge on any atom is -0.496 e. The molecule has 0 bridgehead atoms. The van der Waals surface area contributed by atoms with E-state index in [1.165, 1.54) is 7.11 Å². The highest BCUT2D eigenvalue weighted by Crippen LogP contribution is 2.30. The second kappa shape index (κ2) is 5.73. The lowest BCUT2D eigenvalue weighted by molar-refractivity contribution is -0.136. The van der Waals surface area contributed by atoms with Gasteiger partial charge >= 0.3 is 6.18 Å². The smallest absolute Gasteiger partial charge is 0.389 e. The number of alkyl halides is 3. The van der Waals surface area contributed by atoms with E-state index in [0.717, 1.165) is 0 Å². The Morgan fingerprint density at radius 1 is 1.41 bits per heavy atom. The van der Waals surface area contributed by atoms with Crippen LogP contribution in [0.5, 0.6) is 5.75 Å². The fraction of sp³-hybridized carbons (Fsp3) is 0.455. The van der Waals surface area contributed by atoms with Gasteiger partial charge in [0.15, 0.2) is 0 Å². The van der Waals surface area contributed by atoms with Crippen molar-refractivity contribution in [3.8, 4) is 5.75 Å². The van der Waals surface area contributed by atoms with Gasteiger partial charge in [-0.25, -0.2) is 0 Å². The Balaban J connectivity index is 2.69. The van der Waals surface area contributed by atoms with Crippen molar-refractivity contribution in [2.45, 2.75) is 25.1 Å². The molecule has 0 saturated heterocycles. The van der Waals surface area contributed by atoms with Gasteiger partial charge in [-0.15, -0.1) is 0 Å². The first-order chi connectivity index (χ1) is 7.83. The fourth-order valence-corrected chi connectivity index (χ4v) is 1.96. The van der Waals surface area contributed by atoms with E-state index in [0.29, 0.717) is 15.8 Å². The third-order valence-electron chi connectivity index (χ3n) is 2.34. The molecule has 2 nitrogen and oxygen atoms in total. The van der Waals surface area contributed by atoms with Crippen molar-refractivity contribution in [1.82, 2.24) is 0 Å². The van der Waals surface area contributed by atoms with Crippen molar-refractivity contribution in [1.29, 1.82) is 0 Å². The lowest BCUT2D eigenvalue weighted by atomic mass is 10.0. The van der Waals surface area contributed by atoms with Crippen LogP contribution in [0.15, 0.2) is 22.7 Å². The first-order valence-corrected chi connectivity index (χ1v) is 5.78. The summed E-state index contributed by atoms with van der Waals surface area (Å²) in [6.45, 7) is 0. The zero-order chi connectivity index (χ0) is 13.1. The van der Waals surface area contributed by atoms with E-state index in [9.17, 15) is 13.2 Å². The topological polar surface area (TPSA) is 35.2 Å². The quantitative estimate of drug-likeness (QED) is 0.918. The molecule has 17 heavy (non-hydrogen) atoms. The van der Waals surface area contributed by atoms with Crippen molar-refractivity contribution in [2.75, 3.05) is 7.11 Å². The zero-order valence-electron chi connectivity index (χ0n) is 9.22. The predicted octanol–water partition coefficient (Wildman–Crippen LogP) is 3.80. The van der Waals surface area contributed by atoms with Crippen LogP contribution in [0.2, 0.25) is 0 Å². The minimum absolute atomic E-state index is 0.123. The molecule has 0 spiro atoms. The molecule has 0 aromatic heterocycles. The van der Waals surface area contributed by atoms with Crippen molar-refractivity contribution in [2.24, 2.45) is 5.73 Å². The molecule has 0 heterocycles. The van der Waals surface area contributed by atoms with Crippen molar-refractivity contribution in [3.05, 3.63) is 28.2 Å². The highest BCUT2D eigenvalue weighted by atomic mass is 79.9. The van der Waals surface area contributed by atoms with Crippen LogP contribution in [0.25, 0.3) is 0 Å². The number of hydrogen-bond acceptors (Lipinski definition) is 2. The molecule has 1 atom stereocenters. The Morgan fingerprint density at radius 3 is 2.53 bits per heavy atom. The van der Waals surface area contributed by atoms with Crippen LogP contribution in [0.1, 0.15) is 24.4 Å². The molecule has 0 saturated carbocycles. The van der Waals surface area contributed by atoms with Gasteiger partial charge in [-0.1, -0.05) is 6.07 Å². The third kappa shape index (κ3) is 4.55. The summed E-state index contributed by atoms with van der Waals surface area (Å²) in [6, 6.07) is 4.40. The zero-order valence-corrected chi connectivity index (χ0v) is 10.8. The van der Waals surface area contributed by atoms with Crippen molar-refractivity contribution in [3.63, 3.8) is 0 Å². The number of nitrogens with two attached hydrogens (primary N) is 1. The Hall–Kier alpha value is -0.750. The van der Waals surface area contributed by atoms with Crippen molar-refractivity contribution < 1.29 is 17.9 Å².